The van der Waals surface area contributed by atoms with E-state index in [4.69, 9.17) is 0 Å². The number of hydrogen-bond donors (Lipinski definition) is 2. The summed E-state index contributed by atoms with van der Waals surface area (Å²) >= 11 is 0. The largest absolute Gasteiger partial charge is 0.508 e. The molecule has 0 amide bonds. The maximum absolute atomic E-state index is 10.7. The molecule has 1 aliphatic carbocycles. The molecule has 3 nitrogen and oxygen atoms in total. The highest BCUT2D eigenvalue weighted by molar-refractivity contribution is 5.80. The first kappa shape index (κ1) is 12.9. The van der Waals surface area contributed by atoms with E-state index >= 15 is 0 Å². The van der Waals surface area contributed by atoms with Gasteiger partial charge in [0.15, 0.2) is 6.29 Å². The highest BCUT2D eigenvalue weighted by Gasteiger charge is 2.47. The lowest BCUT2D eigenvalue weighted by atomic mass is 9.65. The van der Waals surface area contributed by atoms with Crippen LogP contribution in [-0.2, 0) is 5.41 Å². The molecule has 2 rings (SSSR count). The predicted molar refractivity (Wildman–Crippen MR) is 70.1 cm³/mol. The minimum absolute atomic E-state index is 0.0540. The Hall–Kier alpha value is -1.51. The molecule has 1 fully saturated rings. The van der Waals surface area contributed by atoms with Gasteiger partial charge in [-0.25, -0.2) is 0 Å². The van der Waals surface area contributed by atoms with E-state index in [1.807, 2.05) is 0 Å². The van der Waals surface area contributed by atoms with Gasteiger partial charge in [0.2, 0.25) is 0 Å². The van der Waals surface area contributed by atoms with E-state index < -0.39 is 0 Å². The summed E-state index contributed by atoms with van der Waals surface area (Å²) in [5.41, 5.74) is 0.777. The number of benzene rings is 1. The van der Waals surface area contributed by atoms with Crippen molar-refractivity contribution in [3.63, 3.8) is 0 Å². The van der Waals surface area contributed by atoms with Crippen LogP contribution in [0.4, 0.5) is 0 Å². The maximum atomic E-state index is 10.7. The monoisotopic (exact) mass is 248 g/mol. The van der Waals surface area contributed by atoms with Crippen molar-refractivity contribution < 1.29 is 15.0 Å². The van der Waals surface area contributed by atoms with Crippen LogP contribution in [-0.4, -0.2) is 16.5 Å². The molecule has 98 valence electrons. The molecule has 0 bridgehead atoms. The fourth-order valence-electron chi connectivity index (χ4n) is 3.13. The van der Waals surface area contributed by atoms with Gasteiger partial charge in [0, 0.05) is 11.0 Å². The van der Waals surface area contributed by atoms with E-state index in [0.29, 0.717) is 6.29 Å². The number of rotatable bonds is 2. The first-order chi connectivity index (χ1) is 8.32. The smallest absolute Gasteiger partial charge is 0.153 e. The van der Waals surface area contributed by atoms with Crippen LogP contribution in [0.3, 0.4) is 0 Å². The standard InChI is InChI=1S/C15H20O3/c1-14(2)5-4-6-15(14,3)11-8-12(17)10(9-16)7-13(11)18/h7-9,17-18H,4-6H2,1-3H3/t15-/m1/s1. The Bertz CT molecular complexity index is 491. The van der Waals surface area contributed by atoms with Crippen LogP contribution in [0, 0.1) is 5.41 Å². The van der Waals surface area contributed by atoms with E-state index in [0.717, 1.165) is 24.8 Å². The molecular formula is C15H20O3. The Morgan fingerprint density at radius 1 is 1.11 bits per heavy atom. The summed E-state index contributed by atoms with van der Waals surface area (Å²) in [6.07, 6.45) is 3.74. The average molecular weight is 248 g/mol. The van der Waals surface area contributed by atoms with Crippen LogP contribution < -0.4 is 0 Å². The minimum atomic E-state index is -0.171. The zero-order valence-electron chi connectivity index (χ0n) is 11.2. The molecule has 0 aliphatic heterocycles. The van der Waals surface area contributed by atoms with Gasteiger partial charge in [-0.3, -0.25) is 4.79 Å². The number of phenols is 2. The summed E-state index contributed by atoms with van der Waals surface area (Å²) in [4.78, 5) is 10.7. The van der Waals surface area contributed by atoms with Crippen molar-refractivity contribution in [1.29, 1.82) is 0 Å². The second kappa shape index (κ2) is 4.01. The second-order valence-corrected chi connectivity index (χ2v) is 6.12. The molecular weight excluding hydrogens is 228 g/mol. The van der Waals surface area contributed by atoms with Gasteiger partial charge in [-0.1, -0.05) is 27.2 Å². The van der Waals surface area contributed by atoms with Crippen LogP contribution in [0.1, 0.15) is 56.0 Å². The Morgan fingerprint density at radius 3 is 2.28 bits per heavy atom. The van der Waals surface area contributed by atoms with Crippen LogP contribution in [0.15, 0.2) is 12.1 Å². The van der Waals surface area contributed by atoms with Crippen LogP contribution in [0.25, 0.3) is 0 Å². The molecule has 1 aromatic carbocycles. The van der Waals surface area contributed by atoms with Crippen molar-refractivity contribution in [2.24, 2.45) is 5.41 Å². The molecule has 1 saturated carbocycles. The van der Waals surface area contributed by atoms with E-state index in [2.05, 4.69) is 20.8 Å². The molecule has 0 unspecified atom stereocenters. The Kier molecular flexibility index (Phi) is 2.88. The number of hydrogen-bond acceptors (Lipinski definition) is 3. The van der Waals surface area contributed by atoms with Crippen molar-refractivity contribution in [3.8, 4) is 11.5 Å². The third-order valence-corrected chi connectivity index (χ3v) is 4.84. The van der Waals surface area contributed by atoms with Crippen LogP contribution in [0.5, 0.6) is 11.5 Å². The fourth-order valence-corrected chi connectivity index (χ4v) is 3.13. The van der Waals surface area contributed by atoms with Gasteiger partial charge >= 0.3 is 0 Å². The highest BCUT2D eigenvalue weighted by atomic mass is 16.3. The SMILES string of the molecule is CC1(C)CCC[C@]1(C)c1cc(O)c(C=O)cc1O. The Balaban J connectivity index is 2.58. The normalized spacial score (nSPS) is 26.2. The lowest BCUT2D eigenvalue weighted by Gasteiger charge is -2.39. The lowest BCUT2D eigenvalue weighted by molar-refractivity contribution is 0.112. The lowest BCUT2D eigenvalue weighted by Crippen LogP contribution is -2.34. The molecule has 1 aromatic rings. The van der Waals surface area contributed by atoms with Gasteiger partial charge in [-0.15, -0.1) is 0 Å². The molecule has 1 atom stereocenters. The topological polar surface area (TPSA) is 57.5 Å². The molecule has 0 heterocycles. The van der Waals surface area contributed by atoms with E-state index in [1.54, 1.807) is 6.07 Å². The van der Waals surface area contributed by atoms with Gasteiger partial charge < -0.3 is 10.2 Å². The summed E-state index contributed by atoms with van der Waals surface area (Å²) in [6, 6.07) is 2.91. The molecule has 2 N–H and O–H groups in total. The zero-order valence-corrected chi connectivity index (χ0v) is 11.2. The average Bonchev–Trinajstić information content (AvgIpc) is 2.57. The quantitative estimate of drug-likeness (QED) is 0.623. The molecule has 18 heavy (non-hydrogen) atoms. The van der Waals surface area contributed by atoms with E-state index in [9.17, 15) is 15.0 Å². The molecule has 0 spiro atoms. The number of carbonyl (C=O) groups is 1. The van der Waals surface area contributed by atoms with Gasteiger partial charge in [-0.05, 0) is 30.4 Å². The highest BCUT2D eigenvalue weighted by Crippen LogP contribution is 2.56. The summed E-state index contributed by atoms with van der Waals surface area (Å²) < 4.78 is 0. The molecule has 3 heteroatoms. The Morgan fingerprint density at radius 2 is 1.78 bits per heavy atom. The Labute approximate surface area is 107 Å². The van der Waals surface area contributed by atoms with Crippen molar-refractivity contribution >= 4 is 6.29 Å². The summed E-state index contributed by atoms with van der Waals surface area (Å²) in [6.45, 7) is 6.49. The maximum Gasteiger partial charge on any atom is 0.153 e. The predicted octanol–water partition coefficient (Wildman–Crippen LogP) is 3.38. The molecule has 1 aliphatic rings. The van der Waals surface area contributed by atoms with Crippen molar-refractivity contribution in [2.45, 2.75) is 45.4 Å². The van der Waals surface area contributed by atoms with Gasteiger partial charge in [0.25, 0.3) is 0 Å². The number of aldehydes is 1. The van der Waals surface area contributed by atoms with Gasteiger partial charge in [0.1, 0.15) is 11.5 Å². The third-order valence-electron chi connectivity index (χ3n) is 4.84. The van der Waals surface area contributed by atoms with Crippen molar-refractivity contribution in [3.05, 3.63) is 23.3 Å². The van der Waals surface area contributed by atoms with Crippen molar-refractivity contribution in [1.82, 2.24) is 0 Å². The second-order valence-electron chi connectivity index (χ2n) is 6.12. The summed E-state index contributed by atoms with van der Waals surface area (Å²) in [5, 5.41) is 20.0. The van der Waals surface area contributed by atoms with E-state index in [-0.39, 0.29) is 27.9 Å². The van der Waals surface area contributed by atoms with Crippen LogP contribution in [0.2, 0.25) is 0 Å². The third kappa shape index (κ3) is 1.69. The minimum Gasteiger partial charge on any atom is -0.508 e. The zero-order chi connectivity index (χ0) is 13.6. The van der Waals surface area contributed by atoms with Crippen molar-refractivity contribution in [2.75, 3.05) is 0 Å². The molecule has 0 saturated heterocycles. The van der Waals surface area contributed by atoms with E-state index in [1.165, 1.54) is 6.07 Å². The number of phenolic OH excluding ortho intramolecular Hbond substituents is 2. The first-order valence-corrected chi connectivity index (χ1v) is 6.33. The number of aromatic hydroxyl groups is 2. The van der Waals surface area contributed by atoms with Crippen LogP contribution >= 0.6 is 0 Å². The summed E-state index contributed by atoms with van der Waals surface area (Å²) in [5.74, 6) is 0.0501. The van der Waals surface area contributed by atoms with Gasteiger partial charge in [-0.2, -0.15) is 0 Å². The fraction of sp³-hybridized carbons (Fsp3) is 0.533. The molecule has 0 aromatic heterocycles. The van der Waals surface area contributed by atoms with Gasteiger partial charge in [0.05, 0.1) is 5.56 Å². The first-order valence-electron chi connectivity index (χ1n) is 6.33. The summed E-state index contributed by atoms with van der Waals surface area (Å²) in [7, 11) is 0. The molecule has 0 radical (unpaired) electrons. The number of carbonyl (C=O) groups excluding carboxylic acids is 1.